The standard InChI is InChI=1S/C23H14BrNO3/c24-15-11-12-18-17(13-15)21(26)19-20(14-7-3-1-4-8-14)25(23(27)22(19)28-18)16-9-5-2-6-10-16/h1-13,20H. The van der Waals surface area contributed by atoms with Gasteiger partial charge in [0.1, 0.15) is 5.58 Å². The number of rotatable bonds is 2. The topological polar surface area (TPSA) is 50.5 Å². The smallest absolute Gasteiger partial charge is 0.295 e. The Kier molecular flexibility index (Phi) is 3.91. The molecule has 0 N–H and O–H groups in total. The summed E-state index contributed by atoms with van der Waals surface area (Å²) < 4.78 is 6.73. The number of halogens is 1. The van der Waals surface area contributed by atoms with Crippen LogP contribution in [0.5, 0.6) is 0 Å². The molecule has 5 rings (SSSR count). The van der Waals surface area contributed by atoms with Crippen LogP contribution in [0, 0.1) is 0 Å². The van der Waals surface area contributed by atoms with Crippen LogP contribution in [0.2, 0.25) is 0 Å². The maximum atomic E-state index is 13.4. The lowest BCUT2D eigenvalue weighted by molar-refractivity contribution is 0.0971. The van der Waals surface area contributed by atoms with Crippen LogP contribution in [0.25, 0.3) is 11.0 Å². The summed E-state index contributed by atoms with van der Waals surface area (Å²) in [4.78, 5) is 28.4. The number of carbonyl (C=O) groups is 1. The number of benzene rings is 3. The van der Waals surface area contributed by atoms with Crippen molar-refractivity contribution in [2.75, 3.05) is 4.90 Å². The molecule has 0 radical (unpaired) electrons. The zero-order valence-corrected chi connectivity index (χ0v) is 16.2. The van der Waals surface area contributed by atoms with E-state index in [2.05, 4.69) is 15.9 Å². The van der Waals surface area contributed by atoms with Crippen molar-refractivity contribution in [2.45, 2.75) is 6.04 Å². The molecule has 28 heavy (non-hydrogen) atoms. The average Bonchev–Trinajstić information content (AvgIpc) is 3.03. The third-order valence-corrected chi connectivity index (χ3v) is 5.48. The molecular formula is C23H14BrNO3. The molecule has 136 valence electrons. The fourth-order valence-corrected chi connectivity index (χ4v) is 4.11. The third-order valence-electron chi connectivity index (χ3n) is 4.98. The minimum absolute atomic E-state index is 0.109. The third kappa shape index (κ3) is 2.51. The highest BCUT2D eigenvalue weighted by Crippen LogP contribution is 2.41. The summed E-state index contributed by atoms with van der Waals surface area (Å²) in [5.41, 5.74) is 2.18. The summed E-state index contributed by atoms with van der Waals surface area (Å²) >= 11 is 3.41. The van der Waals surface area contributed by atoms with Crippen LogP contribution >= 0.6 is 15.9 Å². The van der Waals surface area contributed by atoms with Crippen LogP contribution in [0.4, 0.5) is 5.69 Å². The first-order valence-corrected chi connectivity index (χ1v) is 9.64. The van der Waals surface area contributed by atoms with Crippen LogP contribution in [0.1, 0.15) is 27.7 Å². The van der Waals surface area contributed by atoms with E-state index in [1.807, 2.05) is 60.7 Å². The quantitative estimate of drug-likeness (QED) is 0.432. The van der Waals surface area contributed by atoms with Crippen molar-refractivity contribution in [2.24, 2.45) is 0 Å². The fourth-order valence-electron chi connectivity index (χ4n) is 3.75. The van der Waals surface area contributed by atoms with Gasteiger partial charge in [0, 0.05) is 10.2 Å². The highest BCUT2D eigenvalue weighted by atomic mass is 79.9. The first-order chi connectivity index (χ1) is 13.6. The largest absolute Gasteiger partial charge is 0.450 e. The van der Waals surface area contributed by atoms with Crippen LogP contribution in [0.3, 0.4) is 0 Å². The van der Waals surface area contributed by atoms with Crippen molar-refractivity contribution in [3.63, 3.8) is 0 Å². The van der Waals surface area contributed by atoms with Gasteiger partial charge >= 0.3 is 0 Å². The van der Waals surface area contributed by atoms with Gasteiger partial charge in [-0.2, -0.15) is 0 Å². The molecule has 4 aromatic rings. The van der Waals surface area contributed by atoms with Gasteiger partial charge in [-0.15, -0.1) is 0 Å². The Morgan fingerprint density at radius 3 is 2.25 bits per heavy atom. The van der Waals surface area contributed by atoms with Gasteiger partial charge in [-0.3, -0.25) is 14.5 Å². The first kappa shape index (κ1) is 17.0. The highest BCUT2D eigenvalue weighted by molar-refractivity contribution is 9.10. The van der Waals surface area contributed by atoms with Gasteiger partial charge in [-0.05, 0) is 35.9 Å². The molecule has 0 saturated heterocycles. The predicted octanol–water partition coefficient (Wildman–Crippen LogP) is 5.31. The molecule has 0 spiro atoms. The van der Waals surface area contributed by atoms with Gasteiger partial charge in [0.25, 0.3) is 5.91 Å². The number of hydrogen-bond acceptors (Lipinski definition) is 3. The van der Waals surface area contributed by atoms with E-state index in [-0.39, 0.29) is 17.1 Å². The number of anilines is 1. The molecular weight excluding hydrogens is 418 g/mol. The molecule has 1 unspecified atom stereocenters. The number of fused-ring (bicyclic) bond motifs is 2. The fraction of sp³-hybridized carbons (Fsp3) is 0.0435. The van der Waals surface area contributed by atoms with Crippen LogP contribution < -0.4 is 10.3 Å². The molecule has 0 bridgehead atoms. The molecule has 3 aromatic carbocycles. The summed E-state index contributed by atoms with van der Waals surface area (Å²) in [6.45, 7) is 0. The van der Waals surface area contributed by atoms with Crippen LogP contribution in [-0.2, 0) is 0 Å². The van der Waals surface area contributed by atoms with Gasteiger partial charge < -0.3 is 4.42 Å². The van der Waals surface area contributed by atoms with E-state index in [4.69, 9.17) is 4.42 Å². The Hall–Kier alpha value is -3.18. The van der Waals surface area contributed by atoms with Gasteiger partial charge in [0.2, 0.25) is 5.76 Å². The lowest BCUT2D eigenvalue weighted by atomic mass is 9.98. The van der Waals surface area contributed by atoms with E-state index in [1.54, 1.807) is 23.1 Å². The number of para-hydroxylation sites is 1. The lowest BCUT2D eigenvalue weighted by Crippen LogP contribution is -2.29. The number of nitrogens with zero attached hydrogens (tertiary/aromatic N) is 1. The van der Waals surface area contributed by atoms with Gasteiger partial charge in [0.15, 0.2) is 5.43 Å². The molecule has 1 aromatic heterocycles. The Labute approximate surface area is 169 Å². The summed E-state index contributed by atoms with van der Waals surface area (Å²) in [5, 5.41) is 0.455. The average molecular weight is 432 g/mol. The second-order valence-corrected chi connectivity index (χ2v) is 7.55. The molecule has 1 aliphatic rings. The Morgan fingerprint density at radius 2 is 1.54 bits per heavy atom. The molecule has 1 amide bonds. The van der Waals surface area contributed by atoms with E-state index >= 15 is 0 Å². The van der Waals surface area contributed by atoms with Gasteiger partial charge in [0.05, 0.1) is 17.0 Å². The van der Waals surface area contributed by atoms with Crippen molar-refractivity contribution in [3.05, 3.63) is 110 Å². The molecule has 0 aliphatic carbocycles. The highest BCUT2D eigenvalue weighted by Gasteiger charge is 2.43. The predicted molar refractivity (Wildman–Crippen MR) is 112 cm³/mol. The molecule has 1 aliphatic heterocycles. The first-order valence-electron chi connectivity index (χ1n) is 8.85. The summed E-state index contributed by atoms with van der Waals surface area (Å²) in [7, 11) is 0. The normalized spacial score (nSPS) is 15.8. The van der Waals surface area contributed by atoms with E-state index in [9.17, 15) is 9.59 Å². The summed E-state index contributed by atoms with van der Waals surface area (Å²) in [6.07, 6.45) is 0. The van der Waals surface area contributed by atoms with E-state index < -0.39 is 6.04 Å². The minimum atomic E-state index is -0.536. The zero-order valence-electron chi connectivity index (χ0n) is 14.6. The number of carbonyl (C=O) groups excluding carboxylic acids is 1. The SMILES string of the molecule is O=C1c2oc3ccc(Br)cc3c(=O)c2C(c2ccccc2)N1c1ccccc1. The van der Waals surface area contributed by atoms with Crippen molar-refractivity contribution in [3.8, 4) is 0 Å². The molecule has 2 heterocycles. The van der Waals surface area contributed by atoms with Gasteiger partial charge in [-0.25, -0.2) is 0 Å². The maximum Gasteiger partial charge on any atom is 0.295 e. The Bertz CT molecular complexity index is 1270. The number of amides is 1. The molecule has 4 nitrogen and oxygen atoms in total. The van der Waals surface area contributed by atoms with E-state index in [1.165, 1.54) is 0 Å². The van der Waals surface area contributed by atoms with E-state index in [0.29, 0.717) is 16.5 Å². The molecule has 5 heteroatoms. The van der Waals surface area contributed by atoms with Crippen molar-refractivity contribution >= 4 is 38.5 Å². The van der Waals surface area contributed by atoms with Crippen molar-refractivity contribution in [1.29, 1.82) is 0 Å². The van der Waals surface area contributed by atoms with Crippen LogP contribution in [0.15, 0.2) is 92.5 Å². The second-order valence-electron chi connectivity index (χ2n) is 6.64. The van der Waals surface area contributed by atoms with Crippen molar-refractivity contribution in [1.82, 2.24) is 0 Å². The molecule has 0 saturated carbocycles. The summed E-state index contributed by atoms with van der Waals surface area (Å²) in [5.74, 6) is -0.200. The monoisotopic (exact) mass is 431 g/mol. The number of hydrogen-bond donors (Lipinski definition) is 0. The lowest BCUT2D eigenvalue weighted by Gasteiger charge is -2.25. The minimum Gasteiger partial charge on any atom is -0.450 e. The van der Waals surface area contributed by atoms with Gasteiger partial charge in [-0.1, -0.05) is 64.5 Å². The summed E-state index contributed by atoms with van der Waals surface area (Å²) in [6, 6.07) is 23.6. The Balaban J connectivity index is 1.84. The van der Waals surface area contributed by atoms with E-state index in [0.717, 1.165) is 15.7 Å². The molecule has 1 atom stereocenters. The van der Waals surface area contributed by atoms with Crippen molar-refractivity contribution < 1.29 is 9.21 Å². The zero-order chi connectivity index (χ0) is 19.3. The molecule has 0 fully saturated rings. The second kappa shape index (κ2) is 6.46. The maximum absolute atomic E-state index is 13.4. The Morgan fingerprint density at radius 1 is 0.857 bits per heavy atom. The van der Waals surface area contributed by atoms with Crippen LogP contribution in [-0.4, -0.2) is 5.91 Å².